The zero-order valence-electron chi connectivity index (χ0n) is 12.9. The highest BCUT2D eigenvalue weighted by Gasteiger charge is 2.15. The van der Waals surface area contributed by atoms with Crippen molar-refractivity contribution in [3.05, 3.63) is 18.2 Å². The molecular formula is C15H23ClN2O4. The number of rotatable bonds is 7. The van der Waals surface area contributed by atoms with Gasteiger partial charge in [0.05, 0.1) is 26.9 Å². The molecule has 1 aliphatic heterocycles. The smallest absolute Gasteiger partial charge is 0.238 e. The molecule has 0 saturated carbocycles. The number of halogens is 1. The molecule has 2 N–H and O–H groups in total. The quantitative estimate of drug-likeness (QED) is 0.798. The Morgan fingerprint density at radius 3 is 2.73 bits per heavy atom. The zero-order valence-corrected chi connectivity index (χ0v) is 13.7. The van der Waals surface area contributed by atoms with Gasteiger partial charge in [-0.1, -0.05) is 0 Å². The summed E-state index contributed by atoms with van der Waals surface area (Å²) in [6.45, 7) is 1.79. The molecule has 22 heavy (non-hydrogen) atoms. The highest BCUT2D eigenvalue weighted by Crippen LogP contribution is 2.29. The molecule has 6 nitrogen and oxygen atoms in total. The molecule has 1 aliphatic rings. The SMILES string of the molecule is COc1ccc(NC(=O)CNCC2CCCO2)cc1OC.Cl. The number of hydrogen-bond donors (Lipinski definition) is 2. The Morgan fingerprint density at radius 1 is 1.32 bits per heavy atom. The monoisotopic (exact) mass is 330 g/mol. The van der Waals surface area contributed by atoms with Gasteiger partial charge in [0.2, 0.25) is 5.91 Å². The van der Waals surface area contributed by atoms with Crippen molar-refractivity contribution in [1.29, 1.82) is 0 Å². The van der Waals surface area contributed by atoms with Gasteiger partial charge in [0.15, 0.2) is 11.5 Å². The van der Waals surface area contributed by atoms with E-state index < -0.39 is 0 Å². The van der Waals surface area contributed by atoms with Gasteiger partial charge in [-0.25, -0.2) is 0 Å². The van der Waals surface area contributed by atoms with Gasteiger partial charge >= 0.3 is 0 Å². The van der Waals surface area contributed by atoms with Crippen LogP contribution in [0.15, 0.2) is 18.2 Å². The fourth-order valence-corrected chi connectivity index (χ4v) is 2.27. The molecule has 1 aromatic carbocycles. The maximum Gasteiger partial charge on any atom is 0.238 e. The third-order valence-corrected chi connectivity index (χ3v) is 3.35. The first-order valence-corrected chi connectivity index (χ1v) is 7.07. The highest BCUT2D eigenvalue weighted by atomic mass is 35.5. The van der Waals surface area contributed by atoms with E-state index in [0.29, 0.717) is 23.7 Å². The van der Waals surface area contributed by atoms with Crippen molar-refractivity contribution >= 4 is 24.0 Å². The van der Waals surface area contributed by atoms with Gasteiger partial charge in [0.1, 0.15) is 0 Å². The molecule has 1 aromatic rings. The third kappa shape index (κ3) is 5.36. The second kappa shape index (κ2) is 9.50. The highest BCUT2D eigenvalue weighted by molar-refractivity contribution is 5.92. The van der Waals surface area contributed by atoms with E-state index in [9.17, 15) is 4.79 Å². The van der Waals surface area contributed by atoms with Crippen LogP contribution in [0, 0.1) is 0 Å². The number of benzene rings is 1. The van der Waals surface area contributed by atoms with Crippen LogP contribution < -0.4 is 20.1 Å². The number of nitrogens with one attached hydrogen (secondary N) is 2. The van der Waals surface area contributed by atoms with E-state index in [1.165, 1.54) is 0 Å². The van der Waals surface area contributed by atoms with Crippen molar-refractivity contribution in [3.63, 3.8) is 0 Å². The Bertz CT molecular complexity index is 479. The first kappa shape index (κ1) is 18.5. The minimum atomic E-state index is -0.0970. The summed E-state index contributed by atoms with van der Waals surface area (Å²) < 4.78 is 15.8. The molecule has 0 aliphatic carbocycles. The molecule has 1 amide bonds. The summed E-state index contributed by atoms with van der Waals surface area (Å²) in [6.07, 6.45) is 2.40. The van der Waals surface area contributed by atoms with Crippen LogP contribution in [0.3, 0.4) is 0 Å². The summed E-state index contributed by atoms with van der Waals surface area (Å²) >= 11 is 0. The number of hydrogen-bond acceptors (Lipinski definition) is 5. The molecule has 1 atom stereocenters. The fraction of sp³-hybridized carbons (Fsp3) is 0.533. The fourth-order valence-electron chi connectivity index (χ4n) is 2.27. The van der Waals surface area contributed by atoms with Gasteiger partial charge < -0.3 is 24.8 Å². The van der Waals surface area contributed by atoms with E-state index in [1.807, 2.05) is 0 Å². The predicted octanol–water partition coefficient (Wildman–Crippen LogP) is 1.83. The number of carbonyl (C=O) groups excluding carboxylic acids is 1. The van der Waals surface area contributed by atoms with Crippen LogP contribution in [0.4, 0.5) is 5.69 Å². The molecule has 0 aromatic heterocycles. The van der Waals surface area contributed by atoms with Gasteiger partial charge in [-0.15, -0.1) is 12.4 Å². The van der Waals surface area contributed by atoms with Crippen molar-refractivity contribution in [2.24, 2.45) is 0 Å². The molecule has 1 unspecified atom stereocenters. The van der Waals surface area contributed by atoms with Crippen LogP contribution in [0.25, 0.3) is 0 Å². The molecule has 1 fully saturated rings. The number of amides is 1. The number of anilines is 1. The number of carbonyl (C=O) groups is 1. The molecule has 124 valence electrons. The van der Waals surface area contributed by atoms with Crippen molar-refractivity contribution in [3.8, 4) is 11.5 Å². The first-order chi connectivity index (χ1) is 10.2. The minimum Gasteiger partial charge on any atom is -0.493 e. The van der Waals surface area contributed by atoms with Crippen molar-refractivity contribution in [1.82, 2.24) is 5.32 Å². The number of methoxy groups -OCH3 is 2. The Kier molecular flexibility index (Phi) is 8.01. The van der Waals surface area contributed by atoms with Crippen molar-refractivity contribution < 1.29 is 19.0 Å². The summed E-state index contributed by atoms with van der Waals surface area (Å²) in [6, 6.07) is 5.27. The van der Waals surface area contributed by atoms with Gasteiger partial charge in [0.25, 0.3) is 0 Å². The van der Waals surface area contributed by atoms with E-state index in [1.54, 1.807) is 32.4 Å². The minimum absolute atomic E-state index is 0. The van der Waals surface area contributed by atoms with Crippen LogP contribution in [0.1, 0.15) is 12.8 Å². The largest absolute Gasteiger partial charge is 0.493 e. The van der Waals surface area contributed by atoms with Crippen LogP contribution in [0.2, 0.25) is 0 Å². The van der Waals surface area contributed by atoms with Crippen molar-refractivity contribution in [2.75, 3.05) is 39.2 Å². The normalized spacial score (nSPS) is 16.7. The predicted molar refractivity (Wildman–Crippen MR) is 87.3 cm³/mol. The average Bonchev–Trinajstić information content (AvgIpc) is 3.00. The molecule has 1 saturated heterocycles. The lowest BCUT2D eigenvalue weighted by Gasteiger charge is -2.12. The van der Waals surface area contributed by atoms with Crippen LogP contribution in [0.5, 0.6) is 11.5 Å². The Balaban J connectivity index is 0.00000242. The molecule has 0 spiro atoms. The molecule has 7 heteroatoms. The van der Waals surface area contributed by atoms with Gasteiger partial charge in [0, 0.05) is 24.9 Å². The second-order valence-electron chi connectivity index (χ2n) is 4.88. The average molecular weight is 331 g/mol. The van der Waals surface area contributed by atoms with E-state index >= 15 is 0 Å². The topological polar surface area (TPSA) is 68.8 Å². The lowest BCUT2D eigenvalue weighted by atomic mass is 10.2. The third-order valence-electron chi connectivity index (χ3n) is 3.35. The second-order valence-corrected chi connectivity index (χ2v) is 4.88. The maximum atomic E-state index is 11.9. The lowest BCUT2D eigenvalue weighted by Crippen LogP contribution is -2.33. The Morgan fingerprint density at radius 2 is 2.09 bits per heavy atom. The first-order valence-electron chi connectivity index (χ1n) is 7.07. The summed E-state index contributed by atoms with van der Waals surface area (Å²) in [5, 5.41) is 5.92. The maximum absolute atomic E-state index is 11.9. The van der Waals surface area contributed by atoms with E-state index in [4.69, 9.17) is 14.2 Å². The van der Waals surface area contributed by atoms with Gasteiger partial charge in [-0.05, 0) is 25.0 Å². The number of ether oxygens (including phenoxy) is 3. The standard InChI is InChI=1S/C15H22N2O4.ClH/c1-19-13-6-5-11(8-14(13)20-2)17-15(18)10-16-9-12-4-3-7-21-12;/h5-6,8,12,16H,3-4,7,9-10H2,1-2H3,(H,17,18);1H. The van der Waals surface area contributed by atoms with Crippen LogP contribution in [-0.4, -0.2) is 45.9 Å². The van der Waals surface area contributed by atoms with Crippen LogP contribution in [-0.2, 0) is 9.53 Å². The van der Waals surface area contributed by atoms with E-state index in [0.717, 1.165) is 19.4 Å². The van der Waals surface area contributed by atoms with Gasteiger partial charge in [-0.2, -0.15) is 0 Å². The van der Waals surface area contributed by atoms with Gasteiger partial charge in [-0.3, -0.25) is 4.79 Å². The molecular weight excluding hydrogens is 308 g/mol. The summed E-state index contributed by atoms with van der Waals surface area (Å²) in [7, 11) is 3.14. The molecule has 1 heterocycles. The van der Waals surface area contributed by atoms with E-state index in [-0.39, 0.29) is 31.0 Å². The zero-order chi connectivity index (χ0) is 15.1. The molecule has 2 rings (SSSR count). The lowest BCUT2D eigenvalue weighted by molar-refractivity contribution is -0.115. The van der Waals surface area contributed by atoms with Crippen molar-refractivity contribution in [2.45, 2.75) is 18.9 Å². The Labute approximate surface area is 136 Å². The van der Waals surface area contributed by atoms with E-state index in [2.05, 4.69) is 10.6 Å². The summed E-state index contributed by atoms with van der Waals surface area (Å²) in [5.41, 5.74) is 0.677. The summed E-state index contributed by atoms with van der Waals surface area (Å²) in [5.74, 6) is 1.12. The Hall–Kier alpha value is -1.50. The molecule has 0 radical (unpaired) electrons. The van der Waals surface area contributed by atoms with Crippen LogP contribution >= 0.6 is 12.4 Å². The molecule has 0 bridgehead atoms. The summed E-state index contributed by atoms with van der Waals surface area (Å²) in [4.78, 5) is 11.9.